The summed E-state index contributed by atoms with van der Waals surface area (Å²) in [6.07, 6.45) is 3.82. The Morgan fingerprint density at radius 1 is 1.05 bits per heavy atom. The van der Waals surface area contributed by atoms with Crippen molar-refractivity contribution in [3.8, 4) is 0 Å². The van der Waals surface area contributed by atoms with Gasteiger partial charge in [0.15, 0.2) is 5.78 Å². The third-order valence-corrected chi connectivity index (χ3v) is 3.72. The molecule has 2 nitrogen and oxygen atoms in total. The van der Waals surface area contributed by atoms with Gasteiger partial charge in [-0.2, -0.15) is 0 Å². The van der Waals surface area contributed by atoms with Gasteiger partial charge in [0, 0.05) is 34.2 Å². The van der Waals surface area contributed by atoms with Gasteiger partial charge >= 0.3 is 0 Å². The number of halogens is 1. The van der Waals surface area contributed by atoms with Crippen molar-refractivity contribution in [3.05, 3.63) is 76.5 Å². The molecule has 20 heavy (non-hydrogen) atoms. The van der Waals surface area contributed by atoms with Gasteiger partial charge in [-0.05, 0) is 23.1 Å². The van der Waals surface area contributed by atoms with E-state index >= 15 is 0 Å². The zero-order valence-corrected chi connectivity index (χ0v) is 12.3. The lowest BCUT2D eigenvalue weighted by Crippen LogP contribution is -2.05. The molecule has 3 heteroatoms. The Morgan fingerprint density at radius 3 is 2.75 bits per heavy atom. The first kappa shape index (κ1) is 13.0. The first-order valence-electron chi connectivity index (χ1n) is 6.34. The summed E-state index contributed by atoms with van der Waals surface area (Å²) in [5.74, 6) is 0.0902. The van der Waals surface area contributed by atoms with Crippen molar-refractivity contribution >= 4 is 32.5 Å². The average Bonchev–Trinajstić information content (AvgIpc) is 2.46. The quantitative estimate of drug-likeness (QED) is 0.667. The van der Waals surface area contributed by atoms with Crippen molar-refractivity contribution in [2.75, 3.05) is 0 Å². The highest BCUT2D eigenvalue weighted by Crippen LogP contribution is 2.20. The Hall–Kier alpha value is -2.00. The molecule has 0 atom stereocenters. The third kappa shape index (κ3) is 2.63. The van der Waals surface area contributed by atoms with E-state index in [2.05, 4.69) is 20.9 Å². The summed E-state index contributed by atoms with van der Waals surface area (Å²) in [6, 6.07) is 15.6. The van der Waals surface area contributed by atoms with Gasteiger partial charge in [-0.25, -0.2) is 0 Å². The Kier molecular flexibility index (Phi) is 3.61. The fourth-order valence-electron chi connectivity index (χ4n) is 2.27. The fourth-order valence-corrected chi connectivity index (χ4v) is 2.71. The molecule has 1 aromatic heterocycles. The van der Waals surface area contributed by atoms with Crippen molar-refractivity contribution in [2.45, 2.75) is 6.42 Å². The number of Topliss-reactive ketones (excluding diaryl/α,β-unsaturated/α-hetero) is 1. The second-order valence-corrected chi connectivity index (χ2v) is 5.55. The lowest BCUT2D eigenvalue weighted by atomic mass is 10.00. The summed E-state index contributed by atoms with van der Waals surface area (Å²) in [6.45, 7) is 0. The smallest absolute Gasteiger partial charge is 0.169 e. The SMILES string of the molecule is O=C(Cc1cccc(Br)c1)c1cncc2ccccc12. The van der Waals surface area contributed by atoms with E-state index in [1.807, 2.05) is 48.5 Å². The Bertz CT molecular complexity index is 777. The van der Waals surface area contributed by atoms with Gasteiger partial charge in [0.05, 0.1) is 0 Å². The average molecular weight is 326 g/mol. The molecule has 0 amide bonds. The minimum atomic E-state index is 0.0902. The molecule has 0 saturated carbocycles. The highest BCUT2D eigenvalue weighted by Gasteiger charge is 2.11. The maximum absolute atomic E-state index is 12.5. The molecule has 0 aliphatic heterocycles. The number of benzene rings is 2. The second kappa shape index (κ2) is 5.55. The summed E-state index contributed by atoms with van der Waals surface area (Å²) in [7, 11) is 0. The molecular formula is C17H12BrNO. The number of ketones is 1. The van der Waals surface area contributed by atoms with E-state index in [0.29, 0.717) is 12.0 Å². The number of aromatic nitrogens is 1. The maximum atomic E-state index is 12.5. The van der Waals surface area contributed by atoms with E-state index < -0.39 is 0 Å². The van der Waals surface area contributed by atoms with Crippen LogP contribution in [0.25, 0.3) is 10.8 Å². The molecule has 0 aliphatic carbocycles. The lowest BCUT2D eigenvalue weighted by molar-refractivity contribution is 0.0994. The summed E-state index contributed by atoms with van der Waals surface area (Å²) in [4.78, 5) is 16.6. The van der Waals surface area contributed by atoms with Crippen LogP contribution in [0, 0.1) is 0 Å². The van der Waals surface area contributed by atoms with E-state index in [1.165, 1.54) is 0 Å². The van der Waals surface area contributed by atoms with E-state index in [9.17, 15) is 4.79 Å². The molecule has 2 aromatic carbocycles. The van der Waals surface area contributed by atoms with Crippen LogP contribution in [0.5, 0.6) is 0 Å². The molecule has 0 radical (unpaired) electrons. The summed E-state index contributed by atoms with van der Waals surface area (Å²) in [5.41, 5.74) is 1.68. The predicted octanol–water partition coefficient (Wildman–Crippen LogP) is 4.42. The largest absolute Gasteiger partial charge is 0.294 e. The van der Waals surface area contributed by atoms with Crippen LogP contribution in [-0.4, -0.2) is 10.8 Å². The monoisotopic (exact) mass is 325 g/mol. The Labute approximate surface area is 125 Å². The van der Waals surface area contributed by atoms with Crippen LogP contribution < -0.4 is 0 Å². The number of fused-ring (bicyclic) bond motifs is 1. The number of carbonyl (C=O) groups is 1. The van der Waals surface area contributed by atoms with Crippen molar-refractivity contribution < 1.29 is 4.79 Å². The first-order chi connectivity index (χ1) is 9.74. The van der Waals surface area contributed by atoms with Crippen LogP contribution in [0.3, 0.4) is 0 Å². The summed E-state index contributed by atoms with van der Waals surface area (Å²) < 4.78 is 0.985. The number of hydrogen-bond acceptors (Lipinski definition) is 2. The Balaban J connectivity index is 1.97. The van der Waals surface area contributed by atoms with Crippen molar-refractivity contribution in [1.29, 1.82) is 0 Å². The van der Waals surface area contributed by atoms with Gasteiger partial charge in [-0.1, -0.05) is 52.3 Å². The van der Waals surface area contributed by atoms with Crippen LogP contribution in [0.15, 0.2) is 65.4 Å². The molecule has 0 bridgehead atoms. The molecule has 0 aliphatic rings. The normalized spacial score (nSPS) is 10.7. The highest BCUT2D eigenvalue weighted by atomic mass is 79.9. The van der Waals surface area contributed by atoms with Crippen LogP contribution >= 0.6 is 15.9 Å². The molecule has 0 saturated heterocycles. The number of nitrogens with zero attached hydrogens (tertiary/aromatic N) is 1. The van der Waals surface area contributed by atoms with Gasteiger partial charge < -0.3 is 0 Å². The standard InChI is InChI=1S/C17H12BrNO/c18-14-6-3-4-12(8-14)9-17(20)16-11-19-10-13-5-1-2-7-15(13)16/h1-8,10-11H,9H2. The predicted molar refractivity (Wildman–Crippen MR) is 83.9 cm³/mol. The summed E-state index contributed by atoms with van der Waals surface area (Å²) >= 11 is 3.42. The van der Waals surface area contributed by atoms with Crippen LogP contribution in [0.4, 0.5) is 0 Å². The van der Waals surface area contributed by atoms with Crippen LogP contribution in [0.2, 0.25) is 0 Å². The number of rotatable bonds is 3. The zero-order chi connectivity index (χ0) is 13.9. The van der Waals surface area contributed by atoms with Crippen LogP contribution in [0.1, 0.15) is 15.9 Å². The molecular weight excluding hydrogens is 314 g/mol. The van der Waals surface area contributed by atoms with E-state index in [-0.39, 0.29) is 5.78 Å². The molecule has 98 valence electrons. The van der Waals surface area contributed by atoms with Crippen LogP contribution in [-0.2, 0) is 6.42 Å². The van der Waals surface area contributed by atoms with Gasteiger partial charge in [0.2, 0.25) is 0 Å². The Morgan fingerprint density at radius 2 is 1.90 bits per heavy atom. The summed E-state index contributed by atoms with van der Waals surface area (Å²) in [5, 5.41) is 1.95. The first-order valence-corrected chi connectivity index (χ1v) is 7.14. The van der Waals surface area contributed by atoms with Crippen molar-refractivity contribution in [2.24, 2.45) is 0 Å². The molecule has 3 aromatic rings. The van der Waals surface area contributed by atoms with Gasteiger partial charge in [0.1, 0.15) is 0 Å². The molecule has 0 spiro atoms. The zero-order valence-electron chi connectivity index (χ0n) is 10.7. The molecule has 3 rings (SSSR count). The molecule has 0 N–H and O–H groups in total. The lowest BCUT2D eigenvalue weighted by Gasteiger charge is -2.05. The topological polar surface area (TPSA) is 30.0 Å². The number of carbonyl (C=O) groups excluding carboxylic acids is 1. The van der Waals surface area contributed by atoms with E-state index in [1.54, 1.807) is 12.4 Å². The molecule has 0 unspecified atom stereocenters. The van der Waals surface area contributed by atoms with Gasteiger partial charge in [-0.15, -0.1) is 0 Å². The minimum Gasteiger partial charge on any atom is -0.294 e. The highest BCUT2D eigenvalue weighted by molar-refractivity contribution is 9.10. The van der Waals surface area contributed by atoms with E-state index in [0.717, 1.165) is 20.8 Å². The van der Waals surface area contributed by atoms with Crippen molar-refractivity contribution in [1.82, 2.24) is 4.98 Å². The van der Waals surface area contributed by atoms with Crippen molar-refractivity contribution in [3.63, 3.8) is 0 Å². The third-order valence-electron chi connectivity index (χ3n) is 3.22. The number of hydrogen-bond donors (Lipinski definition) is 0. The van der Waals surface area contributed by atoms with E-state index in [4.69, 9.17) is 0 Å². The van der Waals surface area contributed by atoms with Gasteiger partial charge in [-0.3, -0.25) is 9.78 Å². The molecule has 0 fully saturated rings. The minimum absolute atomic E-state index is 0.0902. The molecule has 1 heterocycles. The second-order valence-electron chi connectivity index (χ2n) is 4.64. The maximum Gasteiger partial charge on any atom is 0.169 e. The fraction of sp³-hybridized carbons (Fsp3) is 0.0588. The number of pyridine rings is 1. The van der Waals surface area contributed by atoms with Gasteiger partial charge in [0.25, 0.3) is 0 Å².